The molecule has 6 rings (SSSR count). The summed E-state index contributed by atoms with van der Waals surface area (Å²) >= 11 is 0. The van der Waals surface area contributed by atoms with Crippen molar-refractivity contribution in [2.45, 2.75) is 50.9 Å². The maximum absolute atomic E-state index is 13.3. The molecule has 1 heterocycles. The molecule has 0 spiro atoms. The van der Waals surface area contributed by atoms with Gasteiger partial charge in [0.1, 0.15) is 0 Å². The summed E-state index contributed by atoms with van der Waals surface area (Å²) in [6.45, 7) is 2.37. The highest BCUT2D eigenvalue weighted by Gasteiger charge is 2.52. The maximum atomic E-state index is 13.3. The third-order valence-electron chi connectivity index (χ3n) is 8.02. The van der Waals surface area contributed by atoms with Crippen LogP contribution in [0, 0.1) is 29.1 Å². The molecule has 5 fully saturated rings. The lowest BCUT2D eigenvalue weighted by Crippen LogP contribution is -2.48. The van der Waals surface area contributed by atoms with Gasteiger partial charge in [0.05, 0.1) is 0 Å². The molecule has 0 aromatic heterocycles. The van der Waals surface area contributed by atoms with Crippen LogP contribution in [-0.4, -0.2) is 30.4 Å². The van der Waals surface area contributed by atoms with Crippen LogP contribution in [0.4, 0.5) is 0 Å². The standard InChI is InChI=1S/C23H32N2O/c24-13-20-14-25(15-21(20)19-4-2-1-3-5-19)22(26)12-23-9-16-6-17(10-23)8-18(7-16)11-23/h1-5,16-18,20-21H,6-15,24H2/t16?,17?,18?,20-,21+,23?/m1/s1. The van der Waals surface area contributed by atoms with E-state index in [9.17, 15) is 4.79 Å². The molecular weight excluding hydrogens is 320 g/mol. The molecule has 4 saturated carbocycles. The smallest absolute Gasteiger partial charge is 0.223 e. The van der Waals surface area contributed by atoms with Crippen molar-refractivity contribution in [2.75, 3.05) is 19.6 Å². The fourth-order valence-corrected chi connectivity index (χ4v) is 7.33. The first-order valence-corrected chi connectivity index (χ1v) is 10.7. The van der Waals surface area contributed by atoms with Crippen molar-refractivity contribution in [1.29, 1.82) is 0 Å². The average molecular weight is 353 g/mol. The second kappa shape index (κ2) is 6.37. The largest absolute Gasteiger partial charge is 0.342 e. The number of amides is 1. The summed E-state index contributed by atoms with van der Waals surface area (Å²) in [4.78, 5) is 15.4. The zero-order chi connectivity index (χ0) is 17.7. The van der Waals surface area contributed by atoms with Crippen LogP contribution >= 0.6 is 0 Å². The Hall–Kier alpha value is -1.35. The van der Waals surface area contributed by atoms with E-state index in [2.05, 4.69) is 35.2 Å². The van der Waals surface area contributed by atoms with Gasteiger partial charge in [-0.3, -0.25) is 4.79 Å². The summed E-state index contributed by atoms with van der Waals surface area (Å²) in [5.74, 6) is 3.97. The molecular formula is C23H32N2O. The van der Waals surface area contributed by atoms with Crippen molar-refractivity contribution >= 4 is 5.91 Å². The lowest BCUT2D eigenvalue weighted by atomic mass is 9.49. The SMILES string of the molecule is NC[C@@H]1CN(C(=O)CC23CC4CC(CC(C4)C2)C3)C[C@H]1c1ccccc1. The molecule has 0 radical (unpaired) electrons. The van der Waals surface area contributed by atoms with Gasteiger partial charge in [0.25, 0.3) is 0 Å². The Labute approximate surface area is 157 Å². The molecule has 1 aromatic carbocycles. The molecule has 1 aliphatic heterocycles. The summed E-state index contributed by atoms with van der Waals surface area (Å²) in [5.41, 5.74) is 7.76. The van der Waals surface area contributed by atoms with E-state index in [1.54, 1.807) is 0 Å². The molecule has 4 aliphatic carbocycles. The summed E-state index contributed by atoms with van der Waals surface area (Å²) in [6.07, 6.45) is 9.10. The van der Waals surface area contributed by atoms with E-state index >= 15 is 0 Å². The van der Waals surface area contributed by atoms with E-state index in [-0.39, 0.29) is 0 Å². The number of nitrogens with two attached hydrogens (primary N) is 1. The molecule has 5 aliphatic rings. The highest BCUT2D eigenvalue weighted by molar-refractivity contribution is 5.77. The normalized spacial score (nSPS) is 41.0. The van der Waals surface area contributed by atoms with Crippen molar-refractivity contribution in [3.05, 3.63) is 35.9 Å². The van der Waals surface area contributed by atoms with Crippen molar-refractivity contribution in [3.63, 3.8) is 0 Å². The van der Waals surface area contributed by atoms with E-state index in [1.807, 2.05) is 0 Å². The number of hydrogen-bond acceptors (Lipinski definition) is 2. The van der Waals surface area contributed by atoms with Crippen LogP contribution in [-0.2, 0) is 4.79 Å². The van der Waals surface area contributed by atoms with Gasteiger partial charge in [-0.15, -0.1) is 0 Å². The fraction of sp³-hybridized carbons (Fsp3) is 0.696. The first-order valence-electron chi connectivity index (χ1n) is 10.7. The van der Waals surface area contributed by atoms with Crippen molar-refractivity contribution in [2.24, 2.45) is 34.8 Å². The highest BCUT2D eigenvalue weighted by Crippen LogP contribution is 2.61. The van der Waals surface area contributed by atoms with Gasteiger partial charge in [-0.05, 0) is 79.7 Å². The Bertz CT molecular complexity index is 635. The fourth-order valence-electron chi connectivity index (χ4n) is 7.33. The number of hydrogen-bond donors (Lipinski definition) is 1. The van der Waals surface area contributed by atoms with Gasteiger partial charge in [0.15, 0.2) is 0 Å². The zero-order valence-electron chi connectivity index (χ0n) is 15.8. The maximum Gasteiger partial charge on any atom is 0.223 e. The number of likely N-dealkylation sites (tertiary alicyclic amines) is 1. The first kappa shape index (κ1) is 16.8. The van der Waals surface area contributed by atoms with E-state index in [0.717, 1.165) is 37.3 Å². The molecule has 0 unspecified atom stereocenters. The van der Waals surface area contributed by atoms with Crippen LogP contribution in [0.25, 0.3) is 0 Å². The summed E-state index contributed by atoms with van der Waals surface area (Å²) in [5, 5.41) is 0. The van der Waals surface area contributed by atoms with Gasteiger partial charge in [-0.2, -0.15) is 0 Å². The second-order valence-corrected chi connectivity index (χ2v) is 9.91. The van der Waals surface area contributed by atoms with Crippen LogP contribution in [0.1, 0.15) is 56.4 Å². The Balaban J connectivity index is 1.29. The molecule has 2 atom stereocenters. The minimum Gasteiger partial charge on any atom is -0.342 e. The Morgan fingerprint density at radius 1 is 1.00 bits per heavy atom. The van der Waals surface area contributed by atoms with E-state index in [4.69, 9.17) is 5.73 Å². The minimum atomic E-state index is 0.342. The van der Waals surface area contributed by atoms with Crippen LogP contribution in [0.3, 0.4) is 0 Å². The Morgan fingerprint density at radius 3 is 2.19 bits per heavy atom. The first-order chi connectivity index (χ1) is 12.6. The van der Waals surface area contributed by atoms with Crippen LogP contribution < -0.4 is 5.73 Å². The van der Waals surface area contributed by atoms with Crippen molar-refractivity contribution in [3.8, 4) is 0 Å². The number of benzene rings is 1. The average Bonchev–Trinajstić information content (AvgIpc) is 3.05. The molecule has 1 saturated heterocycles. The van der Waals surface area contributed by atoms with Crippen LogP contribution in [0.2, 0.25) is 0 Å². The van der Waals surface area contributed by atoms with Gasteiger partial charge in [0, 0.05) is 25.4 Å². The molecule has 26 heavy (non-hydrogen) atoms. The Kier molecular flexibility index (Phi) is 4.11. The van der Waals surface area contributed by atoms with E-state index in [0.29, 0.717) is 29.7 Å². The second-order valence-electron chi connectivity index (χ2n) is 9.91. The number of carbonyl (C=O) groups excluding carboxylic acids is 1. The number of nitrogens with zero attached hydrogens (tertiary/aromatic N) is 1. The van der Waals surface area contributed by atoms with Crippen molar-refractivity contribution < 1.29 is 4.79 Å². The number of carbonyl (C=O) groups is 1. The van der Waals surface area contributed by atoms with Crippen molar-refractivity contribution in [1.82, 2.24) is 4.90 Å². The number of rotatable bonds is 4. The molecule has 140 valence electrons. The van der Waals surface area contributed by atoms with Gasteiger partial charge in [0.2, 0.25) is 5.91 Å². The third kappa shape index (κ3) is 2.89. The van der Waals surface area contributed by atoms with Gasteiger partial charge in [-0.1, -0.05) is 30.3 Å². The molecule has 1 aromatic rings. The van der Waals surface area contributed by atoms with Gasteiger partial charge in [-0.25, -0.2) is 0 Å². The highest BCUT2D eigenvalue weighted by atomic mass is 16.2. The van der Waals surface area contributed by atoms with E-state index < -0.39 is 0 Å². The zero-order valence-corrected chi connectivity index (χ0v) is 15.8. The Morgan fingerprint density at radius 2 is 1.62 bits per heavy atom. The summed E-state index contributed by atoms with van der Waals surface area (Å²) in [6, 6.07) is 10.7. The molecule has 2 N–H and O–H groups in total. The molecule has 3 heteroatoms. The summed E-state index contributed by atoms with van der Waals surface area (Å²) in [7, 11) is 0. The van der Waals surface area contributed by atoms with Gasteiger partial charge < -0.3 is 10.6 Å². The van der Waals surface area contributed by atoms with Gasteiger partial charge >= 0.3 is 0 Å². The topological polar surface area (TPSA) is 46.3 Å². The lowest BCUT2D eigenvalue weighted by molar-refractivity contribution is -0.138. The quantitative estimate of drug-likeness (QED) is 0.896. The monoisotopic (exact) mass is 352 g/mol. The molecule has 1 amide bonds. The summed E-state index contributed by atoms with van der Waals surface area (Å²) < 4.78 is 0. The molecule has 4 bridgehead atoms. The predicted octanol–water partition coefficient (Wildman–Crippen LogP) is 3.79. The predicted molar refractivity (Wildman–Crippen MR) is 104 cm³/mol. The van der Waals surface area contributed by atoms with Crippen LogP contribution in [0.15, 0.2) is 30.3 Å². The van der Waals surface area contributed by atoms with Crippen LogP contribution in [0.5, 0.6) is 0 Å². The molecule has 3 nitrogen and oxygen atoms in total. The minimum absolute atomic E-state index is 0.342. The van der Waals surface area contributed by atoms with E-state index in [1.165, 1.54) is 44.1 Å². The third-order valence-corrected chi connectivity index (χ3v) is 8.02. The lowest BCUT2D eigenvalue weighted by Gasteiger charge is -2.56.